The number of hydrogen-bond donors (Lipinski definition) is 2. The van der Waals surface area contributed by atoms with Crippen LogP contribution in [0.4, 0.5) is 0 Å². The molecule has 0 bridgehead atoms. The van der Waals surface area contributed by atoms with Crippen molar-refractivity contribution in [3.63, 3.8) is 0 Å². The van der Waals surface area contributed by atoms with Crippen LogP contribution in [-0.4, -0.2) is 15.1 Å². The van der Waals surface area contributed by atoms with Crippen LogP contribution in [0.3, 0.4) is 0 Å². The van der Waals surface area contributed by atoms with E-state index in [0.29, 0.717) is 5.82 Å². The second-order valence-electron chi connectivity index (χ2n) is 4.70. The van der Waals surface area contributed by atoms with Crippen LogP contribution in [0.5, 0.6) is 5.88 Å². The molecule has 0 saturated heterocycles. The fraction of sp³-hybridized carbons (Fsp3) is 0.286. The molecule has 1 aliphatic carbocycles. The van der Waals surface area contributed by atoms with Gasteiger partial charge in [0.05, 0.1) is 6.07 Å². The molecule has 1 aliphatic rings. The summed E-state index contributed by atoms with van der Waals surface area (Å²) in [6.45, 7) is 0. The topological polar surface area (TPSA) is 66.0 Å². The van der Waals surface area contributed by atoms with E-state index in [1.165, 1.54) is 11.1 Å². The molecule has 3 rings (SSSR count). The Bertz CT molecular complexity index is 634. The lowest BCUT2D eigenvalue weighted by Gasteiger charge is -2.23. The number of hydrogen-bond acceptors (Lipinski definition) is 3. The maximum atomic E-state index is 11.3. The summed E-state index contributed by atoms with van der Waals surface area (Å²) in [6, 6.07) is 9.43. The van der Waals surface area contributed by atoms with Crippen LogP contribution in [0.25, 0.3) is 0 Å². The van der Waals surface area contributed by atoms with Crippen molar-refractivity contribution in [2.45, 2.75) is 25.2 Å². The van der Waals surface area contributed by atoms with E-state index < -0.39 is 0 Å². The third-order valence-corrected chi connectivity index (χ3v) is 3.48. The van der Waals surface area contributed by atoms with Gasteiger partial charge in [0.2, 0.25) is 5.88 Å². The molecule has 1 aromatic heterocycles. The SMILES string of the molecule is O=c1cc(O)nc(C2CCc3ccccc3C2)[nH]1. The first-order valence-corrected chi connectivity index (χ1v) is 6.09. The molecule has 18 heavy (non-hydrogen) atoms. The second-order valence-corrected chi connectivity index (χ2v) is 4.70. The lowest BCUT2D eigenvalue weighted by atomic mass is 9.83. The molecule has 4 heteroatoms. The number of H-pyrrole nitrogens is 1. The summed E-state index contributed by atoms with van der Waals surface area (Å²) in [5, 5.41) is 9.39. The van der Waals surface area contributed by atoms with Crippen LogP contribution in [0.1, 0.15) is 29.3 Å². The van der Waals surface area contributed by atoms with Crippen LogP contribution in [0, 0.1) is 0 Å². The standard InChI is InChI=1S/C14H14N2O2/c17-12-8-13(18)16-14(15-12)11-6-5-9-3-1-2-4-10(9)7-11/h1-4,8,11H,5-7H2,(H2,15,16,17,18). The number of aromatic nitrogens is 2. The van der Waals surface area contributed by atoms with Gasteiger partial charge in [0, 0.05) is 5.92 Å². The van der Waals surface area contributed by atoms with Crippen molar-refractivity contribution >= 4 is 0 Å². The number of fused-ring (bicyclic) bond motifs is 1. The Morgan fingerprint density at radius 3 is 2.83 bits per heavy atom. The minimum absolute atomic E-state index is 0.180. The number of aromatic hydroxyl groups is 1. The Morgan fingerprint density at radius 2 is 2.06 bits per heavy atom. The van der Waals surface area contributed by atoms with Crippen LogP contribution >= 0.6 is 0 Å². The lowest BCUT2D eigenvalue weighted by Crippen LogP contribution is -2.18. The maximum absolute atomic E-state index is 11.3. The van der Waals surface area contributed by atoms with Gasteiger partial charge in [-0.05, 0) is 30.4 Å². The van der Waals surface area contributed by atoms with Crippen molar-refractivity contribution in [1.82, 2.24) is 9.97 Å². The van der Waals surface area contributed by atoms with Crippen molar-refractivity contribution in [3.8, 4) is 5.88 Å². The van der Waals surface area contributed by atoms with Gasteiger partial charge in [0.15, 0.2) is 0 Å². The van der Waals surface area contributed by atoms with Crippen molar-refractivity contribution in [3.05, 3.63) is 57.6 Å². The summed E-state index contributed by atoms with van der Waals surface area (Å²) in [7, 11) is 0. The largest absolute Gasteiger partial charge is 0.493 e. The Hall–Kier alpha value is -2.10. The molecule has 92 valence electrons. The van der Waals surface area contributed by atoms with Crippen LogP contribution in [0.15, 0.2) is 35.1 Å². The Balaban J connectivity index is 1.94. The van der Waals surface area contributed by atoms with Crippen LogP contribution < -0.4 is 5.56 Å². The van der Waals surface area contributed by atoms with Gasteiger partial charge in [-0.15, -0.1) is 0 Å². The Morgan fingerprint density at radius 1 is 1.28 bits per heavy atom. The van der Waals surface area contributed by atoms with E-state index in [1.807, 2.05) is 12.1 Å². The molecule has 0 amide bonds. The average Bonchev–Trinajstić information content (AvgIpc) is 2.37. The third-order valence-electron chi connectivity index (χ3n) is 3.48. The third kappa shape index (κ3) is 2.01. The van der Waals surface area contributed by atoms with Gasteiger partial charge < -0.3 is 10.1 Å². The van der Waals surface area contributed by atoms with Gasteiger partial charge in [-0.1, -0.05) is 24.3 Å². The highest BCUT2D eigenvalue weighted by Gasteiger charge is 2.21. The van der Waals surface area contributed by atoms with Gasteiger partial charge in [0.1, 0.15) is 5.82 Å². The molecule has 2 aromatic rings. The summed E-state index contributed by atoms with van der Waals surface area (Å²) in [6.07, 6.45) is 2.80. The van der Waals surface area contributed by atoms with Crippen LogP contribution in [0.2, 0.25) is 0 Å². The minimum atomic E-state index is -0.295. The highest BCUT2D eigenvalue weighted by molar-refractivity contribution is 5.31. The monoisotopic (exact) mass is 242 g/mol. The molecule has 1 atom stereocenters. The molecular formula is C14H14N2O2. The normalized spacial score (nSPS) is 18.3. The fourth-order valence-electron chi connectivity index (χ4n) is 2.59. The van der Waals surface area contributed by atoms with Gasteiger partial charge in [-0.2, -0.15) is 4.98 Å². The summed E-state index contributed by atoms with van der Waals surface area (Å²) in [5.41, 5.74) is 2.38. The molecule has 0 radical (unpaired) electrons. The summed E-state index contributed by atoms with van der Waals surface area (Å²) in [4.78, 5) is 18.1. The Labute approximate surface area is 104 Å². The highest BCUT2D eigenvalue weighted by atomic mass is 16.3. The highest BCUT2D eigenvalue weighted by Crippen LogP contribution is 2.30. The van der Waals surface area contributed by atoms with Crippen LogP contribution in [-0.2, 0) is 12.8 Å². The molecule has 4 nitrogen and oxygen atoms in total. The molecule has 2 N–H and O–H groups in total. The van der Waals surface area contributed by atoms with E-state index in [-0.39, 0.29) is 17.4 Å². The first-order valence-electron chi connectivity index (χ1n) is 6.09. The van der Waals surface area contributed by atoms with Crippen molar-refractivity contribution < 1.29 is 5.11 Å². The van der Waals surface area contributed by atoms with E-state index in [2.05, 4.69) is 22.1 Å². The van der Waals surface area contributed by atoms with Crippen molar-refractivity contribution in [2.75, 3.05) is 0 Å². The number of nitrogens with zero attached hydrogens (tertiary/aromatic N) is 1. The number of benzene rings is 1. The molecule has 0 spiro atoms. The average molecular weight is 242 g/mol. The fourth-order valence-corrected chi connectivity index (χ4v) is 2.59. The Kier molecular flexibility index (Phi) is 2.63. The smallest absolute Gasteiger partial charge is 0.254 e. The number of nitrogens with one attached hydrogen (secondary N) is 1. The number of aromatic amines is 1. The summed E-state index contributed by atoms with van der Waals surface area (Å²) >= 11 is 0. The zero-order chi connectivity index (χ0) is 12.5. The minimum Gasteiger partial charge on any atom is -0.493 e. The van der Waals surface area contributed by atoms with Gasteiger partial charge >= 0.3 is 0 Å². The molecule has 0 aliphatic heterocycles. The van der Waals surface area contributed by atoms with E-state index in [4.69, 9.17) is 0 Å². The van der Waals surface area contributed by atoms with E-state index in [1.54, 1.807) is 0 Å². The molecule has 0 fully saturated rings. The molecule has 1 heterocycles. The zero-order valence-electron chi connectivity index (χ0n) is 9.89. The summed E-state index contributed by atoms with van der Waals surface area (Å²) in [5.74, 6) is 0.571. The molecule has 1 unspecified atom stereocenters. The second kappa shape index (κ2) is 4.29. The lowest BCUT2D eigenvalue weighted by molar-refractivity contribution is 0.439. The first-order chi connectivity index (χ1) is 8.72. The quantitative estimate of drug-likeness (QED) is 0.800. The van der Waals surface area contributed by atoms with Crippen molar-refractivity contribution in [2.24, 2.45) is 0 Å². The number of rotatable bonds is 1. The first kappa shape index (κ1) is 11.0. The van der Waals surface area contributed by atoms with E-state index in [0.717, 1.165) is 25.3 Å². The molecule has 1 aromatic carbocycles. The number of aryl methyl sites for hydroxylation is 1. The zero-order valence-corrected chi connectivity index (χ0v) is 9.89. The van der Waals surface area contributed by atoms with Crippen molar-refractivity contribution in [1.29, 1.82) is 0 Å². The predicted octanol–water partition coefficient (Wildman–Crippen LogP) is 1.75. The van der Waals surface area contributed by atoms with Gasteiger partial charge in [0.25, 0.3) is 5.56 Å². The maximum Gasteiger partial charge on any atom is 0.254 e. The molecular weight excluding hydrogens is 228 g/mol. The van der Waals surface area contributed by atoms with Gasteiger partial charge in [-0.3, -0.25) is 4.79 Å². The summed E-state index contributed by atoms with van der Waals surface area (Å²) < 4.78 is 0. The van der Waals surface area contributed by atoms with E-state index in [9.17, 15) is 9.90 Å². The van der Waals surface area contributed by atoms with Gasteiger partial charge in [-0.25, -0.2) is 0 Å². The predicted molar refractivity (Wildman–Crippen MR) is 67.7 cm³/mol. The van der Waals surface area contributed by atoms with E-state index >= 15 is 0 Å². The molecule has 0 saturated carbocycles.